The molecular formula is C12H10BrFN2O. The molecular weight excluding hydrogens is 287 g/mol. The highest BCUT2D eigenvalue weighted by atomic mass is 79.9. The van der Waals surface area contributed by atoms with Crippen molar-refractivity contribution in [1.29, 1.82) is 0 Å². The standard InChI is InChI=1S/C12H10BrFN2O/c1-8-4-12(17)16(7-15-8)6-9-2-3-10(13)5-11(9)14/h2-5,7H,6H2,1H3. The highest BCUT2D eigenvalue weighted by Crippen LogP contribution is 2.15. The van der Waals surface area contributed by atoms with Gasteiger partial charge in [-0.3, -0.25) is 9.36 Å². The van der Waals surface area contributed by atoms with Crippen LogP contribution in [0.15, 0.2) is 39.9 Å². The molecule has 0 aliphatic carbocycles. The second-order valence-corrected chi connectivity index (χ2v) is 4.65. The fourth-order valence-corrected chi connectivity index (χ4v) is 1.80. The van der Waals surface area contributed by atoms with Crippen molar-refractivity contribution < 1.29 is 4.39 Å². The zero-order chi connectivity index (χ0) is 12.4. The van der Waals surface area contributed by atoms with Crippen LogP contribution < -0.4 is 5.56 Å². The minimum Gasteiger partial charge on any atom is -0.295 e. The van der Waals surface area contributed by atoms with Crippen LogP contribution in [0.1, 0.15) is 11.3 Å². The summed E-state index contributed by atoms with van der Waals surface area (Å²) in [6, 6.07) is 6.19. The Morgan fingerprint density at radius 1 is 1.41 bits per heavy atom. The van der Waals surface area contributed by atoms with Crippen molar-refractivity contribution in [2.45, 2.75) is 13.5 Å². The van der Waals surface area contributed by atoms with Crippen molar-refractivity contribution in [2.75, 3.05) is 0 Å². The second kappa shape index (κ2) is 4.79. The molecule has 0 saturated carbocycles. The molecule has 0 N–H and O–H groups in total. The van der Waals surface area contributed by atoms with E-state index in [1.54, 1.807) is 19.1 Å². The molecule has 0 saturated heterocycles. The van der Waals surface area contributed by atoms with Crippen LogP contribution in [0.3, 0.4) is 0 Å². The topological polar surface area (TPSA) is 34.9 Å². The molecule has 2 rings (SSSR count). The lowest BCUT2D eigenvalue weighted by molar-refractivity contribution is 0.593. The summed E-state index contributed by atoms with van der Waals surface area (Å²) in [6.07, 6.45) is 1.43. The lowest BCUT2D eigenvalue weighted by Crippen LogP contribution is -2.21. The average Bonchev–Trinajstić information content (AvgIpc) is 2.25. The third kappa shape index (κ3) is 2.79. The molecule has 1 aromatic carbocycles. The summed E-state index contributed by atoms with van der Waals surface area (Å²) >= 11 is 3.18. The number of halogens is 2. The summed E-state index contributed by atoms with van der Waals surface area (Å²) in [7, 11) is 0. The summed E-state index contributed by atoms with van der Waals surface area (Å²) in [5.74, 6) is -0.341. The van der Waals surface area contributed by atoms with Gasteiger partial charge in [-0.25, -0.2) is 9.37 Å². The van der Waals surface area contributed by atoms with Crippen molar-refractivity contribution in [2.24, 2.45) is 0 Å². The van der Waals surface area contributed by atoms with E-state index in [4.69, 9.17) is 0 Å². The van der Waals surface area contributed by atoms with Gasteiger partial charge < -0.3 is 0 Å². The Morgan fingerprint density at radius 2 is 2.18 bits per heavy atom. The van der Waals surface area contributed by atoms with Gasteiger partial charge in [0.25, 0.3) is 5.56 Å². The largest absolute Gasteiger partial charge is 0.295 e. The molecule has 1 heterocycles. The summed E-state index contributed by atoms with van der Waals surface area (Å²) in [4.78, 5) is 15.6. The van der Waals surface area contributed by atoms with Crippen molar-refractivity contribution in [3.8, 4) is 0 Å². The summed E-state index contributed by atoms with van der Waals surface area (Å²) in [5, 5.41) is 0. The molecule has 0 spiro atoms. The molecule has 0 unspecified atom stereocenters. The molecule has 0 radical (unpaired) electrons. The Morgan fingerprint density at radius 3 is 2.82 bits per heavy atom. The van der Waals surface area contributed by atoms with Crippen LogP contribution in [0.25, 0.3) is 0 Å². The molecule has 3 nitrogen and oxygen atoms in total. The zero-order valence-corrected chi connectivity index (χ0v) is 10.7. The van der Waals surface area contributed by atoms with Gasteiger partial charge in [-0.05, 0) is 19.1 Å². The van der Waals surface area contributed by atoms with E-state index in [2.05, 4.69) is 20.9 Å². The van der Waals surface area contributed by atoms with Crippen LogP contribution >= 0.6 is 15.9 Å². The number of nitrogens with zero attached hydrogens (tertiary/aromatic N) is 2. The average molecular weight is 297 g/mol. The van der Waals surface area contributed by atoms with Crippen molar-refractivity contribution >= 4 is 15.9 Å². The molecule has 2 aromatic rings. The van der Waals surface area contributed by atoms with Crippen LogP contribution in [-0.4, -0.2) is 9.55 Å². The summed E-state index contributed by atoms with van der Waals surface area (Å²) in [6.45, 7) is 1.93. The SMILES string of the molecule is Cc1cc(=O)n(Cc2ccc(Br)cc2F)cn1. The quantitative estimate of drug-likeness (QED) is 0.853. The maximum atomic E-state index is 13.6. The fourth-order valence-electron chi connectivity index (χ4n) is 1.47. The van der Waals surface area contributed by atoms with Gasteiger partial charge in [-0.1, -0.05) is 22.0 Å². The maximum Gasteiger partial charge on any atom is 0.253 e. The minimum atomic E-state index is -0.341. The first kappa shape index (κ1) is 12.0. The third-order valence-electron chi connectivity index (χ3n) is 2.37. The number of rotatable bonds is 2. The molecule has 0 aliphatic rings. The van der Waals surface area contributed by atoms with Gasteiger partial charge in [0.05, 0.1) is 12.9 Å². The van der Waals surface area contributed by atoms with Gasteiger partial charge in [0.15, 0.2) is 0 Å². The number of hydrogen-bond acceptors (Lipinski definition) is 2. The predicted octanol–water partition coefficient (Wildman–Crippen LogP) is 2.50. The normalized spacial score (nSPS) is 10.5. The van der Waals surface area contributed by atoms with Gasteiger partial charge in [0, 0.05) is 21.8 Å². The molecule has 0 bridgehead atoms. The second-order valence-electron chi connectivity index (χ2n) is 3.73. The molecule has 0 aliphatic heterocycles. The van der Waals surface area contributed by atoms with E-state index in [1.165, 1.54) is 23.0 Å². The first-order valence-corrected chi connectivity index (χ1v) is 5.82. The van der Waals surface area contributed by atoms with Gasteiger partial charge >= 0.3 is 0 Å². The highest BCUT2D eigenvalue weighted by molar-refractivity contribution is 9.10. The maximum absolute atomic E-state index is 13.6. The van der Waals surface area contributed by atoms with E-state index < -0.39 is 0 Å². The third-order valence-corrected chi connectivity index (χ3v) is 2.87. The van der Waals surface area contributed by atoms with E-state index in [0.29, 0.717) is 15.7 Å². The zero-order valence-electron chi connectivity index (χ0n) is 9.15. The minimum absolute atomic E-state index is 0.181. The van der Waals surface area contributed by atoms with E-state index in [1.807, 2.05) is 0 Å². The number of benzene rings is 1. The van der Waals surface area contributed by atoms with E-state index in [0.717, 1.165) is 0 Å². The van der Waals surface area contributed by atoms with Gasteiger partial charge in [-0.2, -0.15) is 0 Å². The number of aromatic nitrogens is 2. The van der Waals surface area contributed by atoms with Crippen molar-refractivity contribution in [3.63, 3.8) is 0 Å². The van der Waals surface area contributed by atoms with E-state index >= 15 is 0 Å². The van der Waals surface area contributed by atoms with Gasteiger partial charge in [-0.15, -0.1) is 0 Å². The van der Waals surface area contributed by atoms with Crippen LogP contribution in [-0.2, 0) is 6.54 Å². The monoisotopic (exact) mass is 296 g/mol. The number of hydrogen-bond donors (Lipinski definition) is 0. The summed E-state index contributed by atoms with van der Waals surface area (Å²) < 4.78 is 15.6. The Hall–Kier alpha value is -1.49. The molecule has 0 atom stereocenters. The first-order valence-electron chi connectivity index (χ1n) is 5.03. The Bertz CT molecular complexity index is 610. The van der Waals surface area contributed by atoms with Crippen molar-refractivity contribution in [1.82, 2.24) is 9.55 Å². The lowest BCUT2D eigenvalue weighted by atomic mass is 10.2. The van der Waals surface area contributed by atoms with Crippen LogP contribution in [0.5, 0.6) is 0 Å². The Balaban J connectivity index is 2.35. The fraction of sp³-hybridized carbons (Fsp3) is 0.167. The predicted molar refractivity (Wildman–Crippen MR) is 66.4 cm³/mol. The van der Waals surface area contributed by atoms with E-state index in [-0.39, 0.29) is 17.9 Å². The molecule has 17 heavy (non-hydrogen) atoms. The van der Waals surface area contributed by atoms with Crippen LogP contribution in [0.4, 0.5) is 4.39 Å². The Kier molecular flexibility index (Phi) is 3.38. The number of aryl methyl sites for hydroxylation is 1. The van der Waals surface area contributed by atoms with Gasteiger partial charge in [0.2, 0.25) is 0 Å². The molecule has 0 amide bonds. The lowest BCUT2D eigenvalue weighted by Gasteiger charge is -2.06. The molecule has 88 valence electrons. The van der Waals surface area contributed by atoms with Crippen molar-refractivity contribution in [3.05, 3.63) is 62.5 Å². The summed E-state index contributed by atoms with van der Waals surface area (Å²) in [5.41, 5.74) is 0.934. The molecule has 1 aromatic heterocycles. The highest BCUT2D eigenvalue weighted by Gasteiger charge is 2.05. The van der Waals surface area contributed by atoms with Crippen LogP contribution in [0, 0.1) is 12.7 Å². The Labute approximate surface area is 106 Å². The van der Waals surface area contributed by atoms with E-state index in [9.17, 15) is 9.18 Å². The van der Waals surface area contributed by atoms with Crippen LogP contribution in [0.2, 0.25) is 0 Å². The first-order chi connectivity index (χ1) is 8.06. The molecule has 0 fully saturated rings. The van der Waals surface area contributed by atoms with Gasteiger partial charge in [0.1, 0.15) is 5.82 Å². The smallest absolute Gasteiger partial charge is 0.253 e. The molecule has 5 heteroatoms.